The molecule has 66 valence electrons. The maximum Gasteiger partial charge on any atom is 0.202 e. The third kappa shape index (κ3) is 3.97. The number of benzene rings is 1. The monoisotopic (exact) mass is 174 g/mol. The molecule has 2 nitrogen and oxygen atoms in total. The summed E-state index contributed by atoms with van der Waals surface area (Å²) < 4.78 is 5.23. The molecule has 0 saturated carbocycles. The molecule has 2 heteroatoms. The highest BCUT2D eigenvalue weighted by Gasteiger charge is 1.86. The van der Waals surface area contributed by atoms with Crippen molar-refractivity contribution in [2.45, 2.75) is 6.92 Å². The van der Waals surface area contributed by atoms with Crippen LogP contribution in [-0.2, 0) is 4.79 Å². The number of hydrogen-bond acceptors (Lipinski definition) is 2. The van der Waals surface area contributed by atoms with E-state index in [-0.39, 0.29) is 12.4 Å². The van der Waals surface area contributed by atoms with Crippen molar-refractivity contribution in [1.29, 1.82) is 0 Å². The Morgan fingerprint density at radius 1 is 1.38 bits per heavy atom. The van der Waals surface area contributed by atoms with Gasteiger partial charge in [-0.2, -0.15) is 0 Å². The van der Waals surface area contributed by atoms with Crippen LogP contribution in [0.5, 0.6) is 5.75 Å². The Morgan fingerprint density at radius 3 is 2.69 bits per heavy atom. The van der Waals surface area contributed by atoms with Crippen LogP contribution in [0, 0.1) is 11.8 Å². The first-order valence-electron chi connectivity index (χ1n) is 3.96. The van der Waals surface area contributed by atoms with Gasteiger partial charge in [0, 0.05) is 6.92 Å². The molecule has 1 rings (SSSR count). The smallest absolute Gasteiger partial charge is 0.202 e. The van der Waals surface area contributed by atoms with Crippen LogP contribution in [0.25, 0.3) is 0 Å². The number of rotatable bonds is 2. The Labute approximate surface area is 77.5 Å². The summed E-state index contributed by atoms with van der Waals surface area (Å²) in [5, 5.41) is 0. The fraction of sp³-hybridized carbons (Fsp3) is 0.182. The quantitative estimate of drug-likeness (QED) is 0.503. The fourth-order valence-electron chi connectivity index (χ4n) is 0.797. The van der Waals surface area contributed by atoms with Crippen LogP contribution in [0.15, 0.2) is 30.3 Å². The highest BCUT2D eigenvalue weighted by atomic mass is 16.5. The summed E-state index contributed by atoms with van der Waals surface area (Å²) in [6.07, 6.45) is 0. The highest BCUT2D eigenvalue weighted by molar-refractivity contribution is 5.93. The van der Waals surface area contributed by atoms with Crippen molar-refractivity contribution in [3.8, 4) is 17.6 Å². The van der Waals surface area contributed by atoms with E-state index in [0.717, 1.165) is 5.75 Å². The minimum Gasteiger partial charge on any atom is -0.481 e. The van der Waals surface area contributed by atoms with Gasteiger partial charge >= 0.3 is 0 Å². The lowest BCUT2D eigenvalue weighted by molar-refractivity contribution is -0.111. The van der Waals surface area contributed by atoms with E-state index in [1.165, 1.54) is 6.92 Å². The number of Topliss-reactive ketones (excluding diaryl/α,β-unsaturated/α-hetero) is 1. The Balaban J connectivity index is 2.37. The van der Waals surface area contributed by atoms with Gasteiger partial charge in [0.15, 0.2) is 0 Å². The van der Waals surface area contributed by atoms with E-state index in [4.69, 9.17) is 4.74 Å². The van der Waals surface area contributed by atoms with Crippen molar-refractivity contribution in [3.05, 3.63) is 30.3 Å². The molecule has 0 unspecified atom stereocenters. The minimum atomic E-state index is -0.142. The second kappa shape index (κ2) is 5.00. The number of para-hydroxylation sites is 1. The summed E-state index contributed by atoms with van der Waals surface area (Å²) in [4.78, 5) is 10.4. The molecule has 0 fully saturated rings. The molecule has 1 aromatic carbocycles. The molecule has 0 radical (unpaired) electrons. The van der Waals surface area contributed by atoms with Crippen molar-refractivity contribution in [2.24, 2.45) is 0 Å². The summed E-state index contributed by atoms with van der Waals surface area (Å²) in [5.41, 5.74) is 0. The van der Waals surface area contributed by atoms with Crippen molar-refractivity contribution in [1.82, 2.24) is 0 Å². The van der Waals surface area contributed by atoms with E-state index in [0.29, 0.717) is 0 Å². The molecule has 0 aliphatic heterocycles. The number of carbonyl (C=O) groups excluding carboxylic acids is 1. The number of hydrogen-bond donors (Lipinski definition) is 0. The summed E-state index contributed by atoms with van der Waals surface area (Å²) in [5.74, 6) is 5.64. The van der Waals surface area contributed by atoms with Gasteiger partial charge in [-0.05, 0) is 18.1 Å². The lowest BCUT2D eigenvalue weighted by atomic mass is 10.3. The zero-order chi connectivity index (χ0) is 9.52. The van der Waals surface area contributed by atoms with Crippen LogP contribution in [0.4, 0.5) is 0 Å². The normalized spacial score (nSPS) is 8.38. The number of ketones is 1. The van der Waals surface area contributed by atoms with E-state index in [1.54, 1.807) is 0 Å². The third-order valence-electron chi connectivity index (χ3n) is 1.32. The maximum absolute atomic E-state index is 10.4. The summed E-state index contributed by atoms with van der Waals surface area (Å²) in [6, 6.07) is 9.36. The van der Waals surface area contributed by atoms with Crippen LogP contribution in [0.3, 0.4) is 0 Å². The van der Waals surface area contributed by atoms with E-state index in [2.05, 4.69) is 11.8 Å². The predicted octanol–water partition coefficient (Wildman–Crippen LogP) is 1.66. The number of carbonyl (C=O) groups is 1. The van der Waals surface area contributed by atoms with Gasteiger partial charge in [-0.3, -0.25) is 4.79 Å². The first-order valence-corrected chi connectivity index (χ1v) is 3.96. The van der Waals surface area contributed by atoms with Crippen LogP contribution in [0.2, 0.25) is 0 Å². The van der Waals surface area contributed by atoms with Crippen LogP contribution in [0.1, 0.15) is 6.92 Å². The molecule has 0 bridgehead atoms. The zero-order valence-electron chi connectivity index (χ0n) is 7.41. The molecule has 0 heterocycles. The minimum absolute atomic E-state index is 0.142. The Kier molecular flexibility index (Phi) is 3.59. The molecule has 0 aliphatic rings. The third-order valence-corrected chi connectivity index (χ3v) is 1.32. The SMILES string of the molecule is CC(=O)C#CCOc1ccccc1. The summed E-state index contributed by atoms with van der Waals surface area (Å²) >= 11 is 0. The van der Waals surface area contributed by atoms with Crippen molar-refractivity contribution in [2.75, 3.05) is 6.61 Å². The topological polar surface area (TPSA) is 26.3 Å². The molecule has 0 aliphatic carbocycles. The van der Waals surface area contributed by atoms with Crippen LogP contribution in [-0.4, -0.2) is 12.4 Å². The first-order chi connectivity index (χ1) is 6.29. The summed E-state index contributed by atoms with van der Waals surface area (Å²) in [7, 11) is 0. The molecule has 0 aromatic heterocycles. The lowest BCUT2D eigenvalue weighted by Gasteiger charge is -1.99. The zero-order valence-corrected chi connectivity index (χ0v) is 7.41. The van der Waals surface area contributed by atoms with Crippen molar-refractivity contribution >= 4 is 5.78 Å². The van der Waals surface area contributed by atoms with Gasteiger partial charge in [-0.25, -0.2) is 0 Å². The van der Waals surface area contributed by atoms with Gasteiger partial charge in [0.25, 0.3) is 0 Å². The van der Waals surface area contributed by atoms with Gasteiger partial charge in [-0.15, -0.1) is 0 Å². The van der Waals surface area contributed by atoms with E-state index < -0.39 is 0 Å². The molecule has 0 atom stereocenters. The standard InChI is InChI=1S/C11H10O2/c1-10(12)6-5-9-13-11-7-3-2-4-8-11/h2-4,7-8H,9H2,1H3. The lowest BCUT2D eigenvalue weighted by Crippen LogP contribution is -1.94. The van der Waals surface area contributed by atoms with Gasteiger partial charge in [0.1, 0.15) is 12.4 Å². The maximum atomic E-state index is 10.4. The first kappa shape index (κ1) is 9.34. The Bertz CT molecular complexity index is 330. The molecule has 13 heavy (non-hydrogen) atoms. The molecular formula is C11H10O2. The van der Waals surface area contributed by atoms with E-state index >= 15 is 0 Å². The Morgan fingerprint density at radius 2 is 2.08 bits per heavy atom. The van der Waals surface area contributed by atoms with Crippen molar-refractivity contribution in [3.63, 3.8) is 0 Å². The second-order valence-corrected chi connectivity index (χ2v) is 2.46. The average Bonchev–Trinajstić information content (AvgIpc) is 2.14. The molecule has 0 saturated heterocycles. The van der Waals surface area contributed by atoms with Gasteiger partial charge in [-0.1, -0.05) is 24.1 Å². The molecule has 1 aromatic rings. The van der Waals surface area contributed by atoms with Gasteiger partial charge in [0.2, 0.25) is 5.78 Å². The molecule has 0 spiro atoms. The fourth-order valence-corrected chi connectivity index (χ4v) is 0.797. The van der Waals surface area contributed by atoms with Crippen LogP contribution < -0.4 is 4.74 Å². The average molecular weight is 174 g/mol. The van der Waals surface area contributed by atoms with E-state index in [1.807, 2.05) is 30.3 Å². The molecule has 0 amide bonds. The number of ether oxygens (including phenoxy) is 1. The summed E-state index contributed by atoms with van der Waals surface area (Å²) in [6.45, 7) is 1.68. The van der Waals surface area contributed by atoms with Gasteiger partial charge < -0.3 is 4.74 Å². The largest absolute Gasteiger partial charge is 0.481 e. The second-order valence-electron chi connectivity index (χ2n) is 2.46. The van der Waals surface area contributed by atoms with Crippen molar-refractivity contribution < 1.29 is 9.53 Å². The van der Waals surface area contributed by atoms with E-state index in [9.17, 15) is 4.79 Å². The highest BCUT2D eigenvalue weighted by Crippen LogP contribution is 2.07. The Hall–Kier alpha value is -1.75. The molecular weight excluding hydrogens is 164 g/mol. The van der Waals surface area contributed by atoms with Crippen LogP contribution >= 0.6 is 0 Å². The molecule has 0 N–H and O–H groups in total. The van der Waals surface area contributed by atoms with Gasteiger partial charge in [0.05, 0.1) is 0 Å². The predicted molar refractivity (Wildman–Crippen MR) is 50.4 cm³/mol.